The minimum Gasteiger partial charge on any atom is -0.454 e. The van der Waals surface area contributed by atoms with Gasteiger partial charge in [0.2, 0.25) is 0 Å². The third-order valence-corrected chi connectivity index (χ3v) is 4.40. The molecular weight excluding hydrogens is 350 g/mol. The van der Waals surface area contributed by atoms with Gasteiger partial charge in [0, 0.05) is 11.3 Å². The lowest BCUT2D eigenvalue weighted by Crippen LogP contribution is -2.15. The van der Waals surface area contributed by atoms with E-state index in [4.69, 9.17) is 4.74 Å². The molecule has 130 valence electrons. The number of Topliss-reactive ketones (excluding diaryl/α,β-unsaturated/α-hetero) is 1. The summed E-state index contributed by atoms with van der Waals surface area (Å²) in [6.07, 6.45) is 0. The zero-order chi connectivity index (χ0) is 18.4. The van der Waals surface area contributed by atoms with E-state index in [0.717, 1.165) is 0 Å². The number of ether oxygens (including phenoxy) is 1. The normalized spacial score (nSPS) is 10.2. The summed E-state index contributed by atoms with van der Waals surface area (Å²) in [5.74, 6) is -1.15. The minimum atomic E-state index is -0.624. The van der Waals surface area contributed by atoms with Gasteiger partial charge in [-0.1, -0.05) is 42.5 Å². The fraction of sp³-hybridized carbons (Fsp3) is 0.0500. The van der Waals surface area contributed by atoms with Gasteiger partial charge in [0.25, 0.3) is 5.91 Å². The summed E-state index contributed by atoms with van der Waals surface area (Å²) >= 11 is 1.33. The Morgan fingerprint density at radius 3 is 2.38 bits per heavy atom. The number of thiophene rings is 1. The Kier molecular flexibility index (Phi) is 5.56. The van der Waals surface area contributed by atoms with Crippen molar-refractivity contribution in [2.24, 2.45) is 0 Å². The van der Waals surface area contributed by atoms with Crippen LogP contribution in [0, 0.1) is 0 Å². The van der Waals surface area contributed by atoms with E-state index in [1.54, 1.807) is 60.7 Å². The van der Waals surface area contributed by atoms with Crippen molar-refractivity contribution in [3.63, 3.8) is 0 Å². The molecule has 1 heterocycles. The van der Waals surface area contributed by atoms with Crippen LogP contribution >= 0.6 is 11.3 Å². The lowest BCUT2D eigenvalue weighted by atomic mass is 10.1. The Morgan fingerprint density at radius 1 is 0.885 bits per heavy atom. The highest BCUT2D eigenvalue weighted by molar-refractivity contribution is 7.12. The molecule has 0 spiro atoms. The van der Waals surface area contributed by atoms with Crippen LogP contribution < -0.4 is 5.32 Å². The highest BCUT2D eigenvalue weighted by Crippen LogP contribution is 2.15. The van der Waals surface area contributed by atoms with Crippen LogP contribution in [-0.4, -0.2) is 24.3 Å². The van der Waals surface area contributed by atoms with Crippen LogP contribution in [0.25, 0.3) is 0 Å². The molecule has 1 N–H and O–H groups in total. The summed E-state index contributed by atoms with van der Waals surface area (Å²) in [5, 5.41) is 4.54. The molecular formula is C20H15NO4S. The van der Waals surface area contributed by atoms with Gasteiger partial charge in [-0.3, -0.25) is 9.59 Å². The molecule has 0 aliphatic carbocycles. The smallest absolute Gasteiger partial charge is 0.338 e. The van der Waals surface area contributed by atoms with Gasteiger partial charge in [0.15, 0.2) is 12.4 Å². The zero-order valence-corrected chi connectivity index (χ0v) is 14.5. The lowest BCUT2D eigenvalue weighted by molar-refractivity contribution is 0.0474. The second-order valence-electron chi connectivity index (χ2n) is 5.38. The van der Waals surface area contributed by atoms with E-state index in [0.29, 0.717) is 16.1 Å². The third kappa shape index (κ3) is 4.43. The highest BCUT2D eigenvalue weighted by atomic mass is 32.1. The molecule has 0 unspecified atom stereocenters. The molecule has 0 bridgehead atoms. The largest absolute Gasteiger partial charge is 0.454 e. The highest BCUT2D eigenvalue weighted by Gasteiger charge is 2.13. The zero-order valence-electron chi connectivity index (χ0n) is 13.7. The average Bonchev–Trinajstić information content (AvgIpc) is 3.22. The van der Waals surface area contributed by atoms with Crippen molar-refractivity contribution in [1.29, 1.82) is 0 Å². The van der Waals surface area contributed by atoms with Crippen molar-refractivity contribution < 1.29 is 19.1 Å². The molecule has 0 fully saturated rings. The van der Waals surface area contributed by atoms with Gasteiger partial charge < -0.3 is 10.1 Å². The quantitative estimate of drug-likeness (QED) is 0.528. The summed E-state index contributed by atoms with van der Waals surface area (Å²) < 4.78 is 5.08. The predicted molar refractivity (Wildman–Crippen MR) is 99.8 cm³/mol. The van der Waals surface area contributed by atoms with E-state index >= 15 is 0 Å². The van der Waals surface area contributed by atoms with E-state index in [1.807, 2.05) is 5.38 Å². The summed E-state index contributed by atoms with van der Waals surface area (Å²) in [4.78, 5) is 36.8. The Labute approximate surface area is 154 Å². The van der Waals surface area contributed by atoms with Crippen molar-refractivity contribution >= 4 is 34.7 Å². The number of amides is 1. The van der Waals surface area contributed by atoms with Crippen molar-refractivity contribution in [2.45, 2.75) is 0 Å². The summed E-state index contributed by atoms with van der Waals surface area (Å²) in [5.41, 5.74) is 1.22. The van der Waals surface area contributed by atoms with Crippen LogP contribution in [0.2, 0.25) is 0 Å². The van der Waals surface area contributed by atoms with E-state index in [2.05, 4.69) is 5.32 Å². The average molecular weight is 365 g/mol. The Hall–Kier alpha value is -3.25. The second-order valence-corrected chi connectivity index (χ2v) is 6.33. The van der Waals surface area contributed by atoms with Crippen LogP contribution in [0.4, 0.5) is 5.69 Å². The molecule has 0 atom stereocenters. The molecule has 6 heteroatoms. The van der Waals surface area contributed by atoms with Crippen LogP contribution in [0.1, 0.15) is 30.4 Å². The van der Waals surface area contributed by atoms with Crippen molar-refractivity contribution in [3.8, 4) is 0 Å². The molecule has 1 aromatic heterocycles. The van der Waals surface area contributed by atoms with Crippen LogP contribution in [0.3, 0.4) is 0 Å². The maximum absolute atomic E-state index is 12.2. The number of esters is 1. The number of anilines is 1. The van der Waals surface area contributed by atoms with Crippen LogP contribution in [0.5, 0.6) is 0 Å². The number of nitrogens with one attached hydrogen (secondary N) is 1. The first-order valence-electron chi connectivity index (χ1n) is 7.84. The minimum absolute atomic E-state index is 0.246. The molecule has 0 radical (unpaired) electrons. The molecule has 0 saturated heterocycles. The van der Waals surface area contributed by atoms with Crippen LogP contribution in [-0.2, 0) is 4.74 Å². The first kappa shape index (κ1) is 17.6. The number of carbonyl (C=O) groups is 3. The molecule has 3 rings (SSSR count). The fourth-order valence-electron chi connectivity index (χ4n) is 2.25. The Bertz CT molecular complexity index is 920. The van der Waals surface area contributed by atoms with Crippen molar-refractivity contribution in [1.82, 2.24) is 0 Å². The lowest BCUT2D eigenvalue weighted by Gasteiger charge is -2.07. The van der Waals surface area contributed by atoms with Gasteiger partial charge in [-0.2, -0.15) is 0 Å². The number of ketones is 1. The monoisotopic (exact) mass is 365 g/mol. The summed E-state index contributed by atoms with van der Waals surface area (Å²) in [6, 6.07) is 18.5. The Balaban J connectivity index is 1.61. The number of benzene rings is 2. The van der Waals surface area contributed by atoms with Gasteiger partial charge >= 0.3 is 5.97 Å². The standard InChI is InChI=1S/C20H15NO4S/c22-17(14-6-2-1-3-7-14)13-25-20(24)15-8-4-9-16(12-15)21-19(23)18-10-5-11-26-18/h1-12H,13H2,(H,21,23). The van der Waals surface area contributed by atoms with Gasteiger partial charge in [0.05, 0.1) is 10.4 Å². The number of rotatable bonds is 6. The molecule has 1 amide bonds. The maximum atomic E-state index is 12.2. The molecule has 0 saturated carbocycles. The van der Waals surface area contributed by atoms with E-state index in [-0.39, 0.29) is 23.9 Å². The summed E-state index contributed by atoms with van der Waals surface area (Å²) in [6.45, 7) is -0.339. The van der Waals surface area contributed by atoms with E-state index < -0.39 is 5.97 Å². The number of hydrogen-bond acceptors (Lipinski definition) is 5. The van der Waals surface area contributed by atoms with Crippen molar-refractivity contribution in [2.75, 3.05) is 11.9 Å². The summed E-state index contributed by atoms with van der Waals surface area (Å²) in [7, 11) is 0. The molecule has 26 heavy (non-hydrogen) atoms. The van der Waals surface area contributed by atoms with Gasteiger partial charge in [-0.25, -0.2) is 4.79 Å². The molecule has 2 aromatic carbocycles. The third-order valence-electron chi connectivity index (χ3n) is 3.53. The fourth-order valence-corrected chi connectivity index (χ4v) is 2.87. The maximum Gasteiger partial charge on any atom is 0.338 e. The predicted octanol–water partition coefficient (Wildman–Crippen LogP) is 4.04. The van der Waals surface area contributed by atoms with Gasteiger partial charge in [-0.15, -0.1) is 11.3 Å². The van der Waals surface area contributed by atoms with Crippen LogP contribution in [0.15, 0.2) is 72.1 Å². The Morgan fingerprint density at radius 2 is 1.65 bits per heavy atom. The number of hydrogen-bond donors (Lipinski definition) is 1. The van der Waals surface area contributed by atoms with E-state index in [1.165, 1.54) is 17.4 Å². The molecule has 0 aliphatic heterocycles. The first-order chi connectivity index (χ1) is 12.6. The van der Waals surface area contributed by atoms with Crippen molar-refractivity contribution in [3.05, 3.63) is 88.1 Å². The first-order valence-corrected chi connectivity index (χ1v) is 8.72. The molecule has 5 nitrogen and oxygen atoms in total. The topological polar surface area (TPSA) is 72.5 Å². The molecule has 3 aromatic rings. The second kappa shape index (κ2) is 8.22. The SMILES string of the molecule is O=C(COC(=O)c1cccc(NC(=O)c2cccs2)c1)c1ccccc1. The van der Waals surface area contributed by atoms with Gasteiger partial charge in [-0.05, 0) is 29.6 Å². The number of carbonyl (C=O) groups excluding carboxylic acids is 3. The molecule has 0 aliphatic rings. The van der Waals surface area contributed by atoms with E-state index in [9.17, 15) is 14.4 Å². The van der Waals surface area contributed by atoms with Gasteiger partial charge in [0.1, 0.15) is 0 Å².